The van der Waals surface area contributed by atoms with Gasteiger partial charge in [-0.15, -0.1) is 0 Å². The Hall–Kier alpha value is -2.24. The van der Waals surface area contributed by atoms with E-state index in [9.17, 15) is 9.18 Å². The van der Waals surface area contributed by atoms with Crippen molar-refractivity contribution < 1.29 is 9.18 Å². The van der Waals surface area contributed by atoms with Crippen LogP contribution in [0.5, 0.6) is 0 Å². The van der Waals surface area contributed by atoms with Crippen LogP contribution in [0.3, 0.4) is 0 Å². The van der Waals surface area contributed by atoms with Crippen molar-refractivity contribution >= 4 is 5.91 Å². The molecule has 1 aromatic heterocycles. The molecule has 0 spiro atoms. The first kappa shape index (κ1) is 12.2. The Labute approximate surface area is 103 Å². The highest BCUT2D eigenvalue weighted by Gasteiger charge is 2.14. The van der Waals surface area contributed by atoms with E-state index in [4.69, 9.17) is 0 Å². The average Bonchev–Trinajstić information content (AvgIpc) is 2.80. The second-order valence-electron chi connectivity index (χ2n) is 4.08. The molecule has 0 saturated heterocycles. The van der Waals surface area contributed by atoms with Crippen molar-refractivity contribution in [3.63, 3.8) is 0 Å². The topological polar surface area (TPSA) is 70.7 Å². The lowest BCUT2D eigenvalue weighted by Gasteiger charge is -2.11. The zero-order valence-corrected chi connectivity index (χ0v) is 10.1. The number of amides is 1. The Bertz CT molecular complexity index is 533. The molecule has 2 rings (SSSR count). The molecular formula is C12H13FN4O. The summed E-state index contributed by atoms with van der Waals surface area (Å²) in [6.07, 6.45) is 1.37. The number of nitrogens with zero attached hydrogens (tertiary/aromatic N) is 2. The van der Waals surface area contributed by atoms with Crippen LogP contribution in [0.25, 0.3) is 0 Å². The van der Waals surface area contributed by atoms with Crippen molar-refractivity contribution in [1.82, 2.24) is 20.5 Å². The van der Waals surface area contributed by atoms with Crippen LogP contribution in [0.1, 0.15) is 34.7 Å². The number of carbonyl (C=O) groups excluding carboxylic acids is 1. The third-order valence-corrected chi connectivity index (χ3v) is 2.50. The van der Waals surface area contributed by atoms with Crippen LogP contribution in [0.2, 0.25) is 0 Å². The molecule has 2 N–H and O–H groups in total. The van der Waals surface area contributed by atoms with Gasteiger partial charge in [0.1, 0.15) is 18.0 Å². The second-order valence-corrected chi connectivity index (χ2v) is 4.08. The fraction of sp³-hybridized carbons (Fsp3) is 0.250. The molecule has 1 amide bonds. The lowest BCUT2D eigenvalue weighted by molar-refractivity contribution is 0.0938. The monoisotopic (exact) mass is 248 g/mol. The summed E-state index contributed by atoms with van der Waals surface area (Å²) in [5, 5.41) is 9.08. The van der Waals surface area contributed by atoms with E-state index in [0.29, 0.717) is 17.0 Å². The van der Waals surface area contributed by atoms with Gasteiger partial charge in [0.2, 0.25) is 0 Å². The number of rotatable bonds is 3. The lowest BCUT2D eigenvalue weighted by atomic mass is 10.1. The van der Waals surface area contributed by atoms with Crippen LogP contribution in [-0.2, 0) is 0 Å². The fourth-order valence-electron chi connectivity index (χ4n) is 1.64. The fourth-order valence-corrected chi connectivity index (χ4v) is 1.64. The Balaban J connectivity index is 2.12. The number of nitrogens with one attached hydrogen (secondary N) is 2. The number of hydrogen-bond donors (Lipinski definition) is 2. The van der Waals surface area contributed by atoms with Gasteiger partial charge in [-0.3, -0.25) is 9.89 Å². The molecule has 0 aliphatic rings. The SMILES string of the molecule is Cc1cc(F)cc(C(=O)NC(C)c2ncn[nH]2)c1. The summed E-state index contributed by atoms with van der Waals surface area (Å²) in [7, 11) is 0. The van der Waals surface area contributed by atoms with E-state index in [0.717, 1.165) is 0 Å². The molecule has 0 radical (unpaired) electrons. The highest BCUT2D eigenvalue weighted by molar-refractivity contribution is 5.94. The van der Waals surface area contributed by atoms with Crippen molar-refractivity contribution in [2.24, 2.45) is 0 Å². The molecule has 1 heterocycles. The van der Waals surface area contributed by atoms with Crippen LogP contribution < -0.4 is 5.32 Å². The second kappa shape index (κ2) is 4.95. The van der Waals surface area contributed by atoms with Crippen molar-refractivity contribution in [1.29, 1.82) is 0 Å². The molecule has 0 aliphatic heterocycles. The number of aromatic amines is 1. The summed E-state index contributed by atoms with van der Waals surface area (Å²) >= 11 is 0. The maximum atomic E-state index is 13.2. The van der Waals surface area contributed by atoms with Crippen LogP contribution in [-0.4, -0.2) is 21.1 Å². The minimum Gasteiger partial charge on any atom is -0.342 e. The highest BCUT2D eigenvalue weighted by Crippen LogP contribution is 2.11. The van der Waals surface area contributed by atoms with E-state index < -0.39 is 5.82 Å². The van der Waals surface area contributed by atoms with E-state index in [1.165, 1.54) is 18.5 Å². The molecule has 1 atom stereocenters. The molecule has 0 aliphatic carbocycles. The Kier molecular flexibility index (Phi) is 3.36. The number of hydrogen-bond acceptors (Lipinski definition) is 3. The van der Waals surface area contributed by atoms with E-state index in [1.807, 2.05) is 0 Å². The third kappa shape index (κ3) is 2.71. The molecule has 0 saturated carbocycles. The third-order valence-electron chi connectivity index (χ3n) is 2.50. The van der Waals surface area contributed by atoms with E-state index in [-0.39, 0.29) is 11.9 Å². The van der Waals surface area contributed by atoms with Crippen LogP contribution in [0.4, 0.5) is 4.39 Å². The largest absolute Gasteiger partial charge is 0.342 e. The van der Waals surface area contributed by atoms with Gasteiger partial charge in [0, 0.05) is 5.56 Å². The predicted octanol–water partition coefficient (Wildman–Crippen LogP) is 1.74. The molecule has 94 valence electrons. The first-order chi connectivity index (χ1) is 8.56. The van der Waals surface area contributed by atoms with Gasteiger partial charge in [-0.1, -0.05) is 0 Å². The predicted molar refractivity (Wildman–Crippen MR) is 63.4 cm³/mol. The smallest absolute Gasteiger partial charge is 0.251 e. The van der Waals surface area contributed by atoms with Gasteiger partial charge in [-0.2, -0.15) is 5.10 Å². The standard InChI is InChI=1S/C12H13FN4O/c1-7-3-9(5-10(13)4-7)12(18)16-8(2)11-14-6-15-17-11/h3-6,8H,1-2H3,(H,16,18)(H,14,15,17). The van der Waals surface area contributed by atoms with E-state index in [1.54, 1.807) is 19.9 Å². The minimum atomic E-state index is -0.424. The summed E-state index contributed by atoms with van der Waals surface area (Å²) in [5.74, 6) is -0.217. The number of benzene rings is 1. The summed E-state index contributed by atoms with van der Waals surface area (Å²) < 4.78 is 13.2. The van der Waals surface area contributed by atoms with Crippen LogP contribution in [0.15, 0.2) is 24.5 Å². The van der Waals surface area contributed by atoms with Crippen molar-refractivity contribution in [2.45, 2.75) is 19.9 Å². The zero-order chi connectivity index (χ0) is 13.1. The Morgan fingerprint density at radius 2 is 2.22 bits per heavy atom. The van der Waals surface area contributed by atoms with Gasteiger partial charge in [-0.05, 0) is 37.6 Å². The molecule has 6 heteroatoms. The lowest BCUT2D eigenvalue weighted by Crippen LogP contribution is -2.27. The molecule has 18 heavy (non-hydrogen) atoms. The van der Waals surface area contributed by atoms with Gasteiger partial charge in [-0.25, -0.2) is 9.37 Å². The molecular weight excluding hydrogens is 235 g/mol. The molecule has 0 fully saturated rings. The van der Waals surface area contributed by atoms with E-state index in [2.05, 4.69) is 20.5 Å². The van der Waals surface area contributed by atoms with Crippen molar-refractivity contribution in [3.8, 4) is 0 Å². The first-order valence-corrected chi connectivity index (χ1v) is 5.49. The van der Waals surface area contributed by atoms with Crippen molar-refractivity contribution in [2.75, 3.05) is 0 Å². The number of halogens is 1. The molecule has 5 nitrogen and oxygen atoms in total. The quantitative estimate of drug-likeness (QED) is 0.869. The van der Waals surface area contributed by atoms with Crippen molar-refractivity contribution in [3.05, 3.63) is 47.3 Å². The minimum absolute atomic E-state index is 0.291. The normalized spacial score (nSPS) is 12.2. The number of aromatic nitrogens is 3. The maximum Gasteiger partial charge on any atom is 0.251 e. The van der Waals surface area contributed by atoms with E-state index >= 15 is 0 Å². The summed E-state index contributed by atoms with van der Waals surface area (Å²) in [6.45, 7) is 3.50. The van der Waals surface area contributed by atoms with Gasteiger partial charge in [0.15, 0.2) is 0 Å². The maximum absolute atomic E-state index is 13.2. The summed E-state index contributed by atoms with van der Waals surface area (Å²) in [4.78, 5) is 15.9. The first-order valence-electron chi connectivity index (χ1n) is 5.49. The van der Waals surface area contributed by atoms with Crippen LogP contribution >= 0.6 is 0 Å². The Morgan fingerprint density at radius 3 is 2.83 bits per heavy atom. The van der Waals surface area contributed by atoms with Crippen LogP contribution in [0, 0.1) is 12.7 Å². The summed E-state index contributed by atoms with van der Waals surface area (Å²) in [5.41, 5.74) is 0.992. The zero-order valence-electron chi connectivity index (χ0n) is 10.1. The molecule has 0 bridgehead atoms. The number of carbonyl (C=O) groups is 1. The molecule has 1 aromatic carbocycles. The van der Waals surface area contributed by atoms with Gasteiger partial charge < -0.3 is 5.32 Å². The Morgan fingerprint density at radius 1 is 1.44 bits per heavy atom. The van der Waals surface area contributed by atoms with Gasteiger partial charge >= 0.3 is 0 Å². The number of H-pyrrole nitrogens is 1. The number of aryl methyl sites for hydroxylation is 1. The van der Waals surface area contributed by atoms with Gasteiger partial charge in [0.05, 0.1) is 6.04 Å². The molecule has 2 aromatic rings. The molecule has 1 unspecified atom stereocenters. The summed E-state index contributed by atoms with van der Waals surface area (Å²) in [6, 6.07) is 3.89. The van der Waals surface area contributed by atoms with Gasteiger partial charge in [0.25, 0.3) is 5.91 Å². The highest BCUT2D eigenvalue weighted by atomic mass is 19.1. The average molecular weight is 248 g/mol.